The molecule has 6 nitrogen and oxygen atoms in total. The van der Waals surface area contributed by atoms with Gasteiger partial charge in [-0.2, -0.15) is 13.2 Å². The molecular weight excluding hydrogens is 433 g/mol. The number of nitrogens with zero attached hydrogens (tertiary/aromatic N) is 3. The van der Waals surface area contributed by atoms with Crippen molar-refractivity contribution in [3.8, 4) is 0 Å². The standard InChI is InChI=1S/C20H20BClF3N3O3/c1-12-13(3-2-4-16(12)22)11-28-17-10-14(27-5-7-31-8-6-27)9-15(21(29)30)18(17)26-19(28)20(23,24)25/h2-4,9-10,29-30H,5-8,11H2,1H3. The molecule has 0 aliphatic carbocycles. The van der Waals surface area contributed by atoms with Gasteiger partial charge in [-0.25, -0.2) is 4.98 Å². The highest BCUT2D eigenvalue weighted by Gasteiger charge is 2.39. The van der Waals surface area contributed by atoms with Crippen LogP contribution >= 0.6 is 11.6 Å². The van der Waals surface area contributed by atoms with E-state index in [0.29, 0.717) is 48.1 Å². The fourth-order valence-electron chi connectivity index (χ4n) is 3.80. The van der Waals surface area contributed by atoms with Gasteiger partial charge in [0.15, 0.2) is 0 Å². The van der Waals surface area contributed by atoms with Crippen LogP contribution in [0.5, 0.6) is 0 Å². The Bertz CT molecular complexity index is 1110. The van der Waals surface area contributed by atoms with E-state index in [1.54, 1.807) is 31.2 Å². The van der Waals surface area contributed by atoms with Crippen LogP contribution < -0.4 is 10.4 Å². The summed E-state index contributed by atoms with van der Waals surface area (Å²) in [4.78, 5) is 5.72. The lowest BCUT2D eigenvalue weighted by Crippen LogP contribution is -2.38. The lowest BCUT2D eigenvalue weighted by molar-refractivity contribution is -0.146. The largest absolute Gasteiger partial charge is 0.490 e. The number of anilines is 1. The summed E-state index contributed by atoms with van der Waals surface area (Å²) in [5, 5.41) is 20.2. The van der Waals surface area contributed by atoms with Gasteiger partial charge in [-0.05, 0) is 36.2 Å². The Hall–Kier alpha value is -2.27. The molecule has 1 aliphatic heterocycles. The number of aromatic nitrogens is 2. The van der Waals surface area contributed by atoms with Crippen LogP contribution in [0.2, 0.25) is 5.02 Å². The number of rotatable bonds is 4. The number of hydrogen-bond acceptors (Lipinski definition) is 5. The van der Waals surface area contributed by atoms with Crippen molar-refractivity contribution in [3.63, 3.8) is 0 Å². The first kappa shape index (κ1) is 21.9. The van der Waals surface area contributed by atoms with Crippen molar-refractivity contribution in [1.82, 2.24) is 9.55 Å². The third kappa shape index (κ3) is 4.25. The van der Waals surface area contributed by atoms with E-state index in [1.165, 1.54) is 6.07 Å². The van der Waals surface area contributed by atoms with Gasteiger partial charge in [0, 0.05) is 35.8 Å². The molecule has 1 aromatic heterocycles. The van der Waals surface area contributed by atoms with Gasteiger partial charge in [-0.15, -0.1) is 0 Å². The van der Waals surface area contributed by atoms with Crippen molar-refractivity contribution in [1.29, 1.82) is 0 Å². The van der Waals surface area contributed by atoms with Gasteiger partial charge < -0.3 is 24.3 Å². The van der Waals surface area contributed by atoms with Gasteiger partial charge in [0.2, 0.25) is 5.82 Å². The van der Waals surface area contributed by atoms with Crippen LogP contribution in [-0.4, -0.2) is 53.0 Å². The van der Waals surface area contributed by atoms with Crippen molar-refractivity contribution in [3.05, 3.63) is 52.3 Å². The molecule has 2 N–H and O–H groups in total. The molecule has 1 fully saturated rings. The Morgan fingerprint density at radius 1 is 1.19 bits per heavy atom. The highest BCUT2D eigenvalue weighted by atomic mass is 35.5. The van der Waals surface area contributed by atoms with E-state index >= 15 is 0 Å². The maximum absolute atomic E-state index is 13.9. The zero-order valence-electron chi connectivity index (χ0n) is 16.7. The number of benzene rings is 2. The average molecular weight is 454 g/mol. The molecule has 164 valence electrons. The maximum atomic E-state index is 13.9. The highest BCUT2D eigenvalue weighted by molar-refractivity contribution is 6.61. The van der Waals surface area contributed by atoms with E-state index in [4.69, 9.17) is 16.3 Å². The third-order valence-electron chi connectivity index (χ3n) is 5.48. The van der Waals surface area contributed by atoms with Crippen molar-refractivity contribution in [2.45, 2.75) is 19.6 Å². The molecule has 0 atom stereocenters. The number of ether oxygens (including phenoxy) is 1. The van der Waals surface area contributed by atoms with Crippen LogP contribution in [-0.2, 0) is 17.5 Å². The molecule has 0 spiro atoms. The molecule has 1 saturated heterocycles. The summed E-state index contributed by atoms with van der Waals surface area (Å²) >= 11 is 6.16. The molecule has 2 heterocycles. The maximum Gasteiger partial charge on any atom is 0.490 e. The lowest BCUT2D eigenvalue weighted by Gasteiger charge is -2.29. The number of halogens is 4. The van der Waals surface area contributed by atoms with E-state index in [1.807, 2.05) is 4.90 Å². The zero-order valence-corrected chi connectivity index (χ0v) is 17.4. The van der Waals surface area contributed by atoms with Crippen molar-refractivity contribution in [2.24, 2.45) is 0 Å². The van der Waals surface area contributed by atoms with E-state index < -0.39 is 19.1 Å². The minimum absolute atomic E-state index is 0.0777. The highest BCUT2D eigenvalue weighted by Crippen LogP contribution is 2.34. The molecule has 0 saturated carbocycles. The minimum Gasteiger partial charge on any atom is -0.423 e. The molecule has 11 heteroatoms. The summed E-state index contributed by atoms with van der Waals surface area (Å²) < 4.78 is 48.1. The van der Waals surface area contributed by atoms with Gasteiger partial charge in [-0.3, -0.25) is 0 Å². The topological polar surface area (TPSA) is 70.8 Å². The summed E-state index contributed by atoms with van der Waals surface area (Å²) in [7, 11) is -1.97. The number of imidazole rings is 1. The van der Waals surface area contributed by atoms with Gasteiger partial charge in [-0.1, -0.05) is 23.7 Å². The Morgan fingerprint density at radius 3 is 2.55 bits per heavy atom. The number of morpholine rings is 1. The molecule has 0 amide bonds. The second-order valence-corrected chi connectivity index (χ2v) is 7.83. The monoisotopic (exact) mass is 453 g/mol. The predicted molar refractivity (Wildman–Crippen MR) is 113 cm³/mol. The van der Waals surface area contributed by atoms with Gasteiger partial charge in [0.05, 0.1) is 24.2 Å². The summed E-state index contributed by atoms with van der Waals surface area (Å²) in [6.45, 7) is 3.66. The van der Waals surface area contributed by atoms with Crippen LogP contribution in [0.1, 0.15) is 17.0 Å². The van der Waals surface area contributed by atoms with Crippen LogP contribution in [0.15, 0.2) is 30.3 Å². The smallest absolute Gasteiger partial charge is 0.423 e. The molecule has 0 bridgehead atoms. The first-order valence-corrected chi connectivity index (χ1v) is 10.1. The molecular formula is C20H20BClF3N3O3. The summed E-state index contributed by atoms with van der Waals surface area (Å²) in [5.41, 5.74) is 1.85. The van der Waals surface area contributed by atoms with Crippen molar-refractivity contribution in [2.75, 3.05) is 31.2 Å². The van der Waals surface area contributed by atoms with Gasteiger partial charge in [0.1, 0.15) is 0 Å². The number of hydrogen-bond donors (Lipinski definition) is 2. The van der Waals surface area contributed by atoms with Crippen LogP contribution in [0.3, 0.4) is 0 Å². The summed E-state index contributed by atoms with van der Waals surface area (Å²) in [6, 6.07) is 8.14. The van der Waals surface area contributed by atoms with Gasteiger partial charge >= 0.3 is 13.3 Å². The summed E-state index contributed by atoms with van der Waals surface area (Å²) in [5.74, 6) is -1.11. The van der Waals surface area contributed by atoms with E-state index in [9.17, 15) is 23.2 Å². The quantitative estimate of drug-likeness (QED) is 0.594. The first-order chi connectivity index (χ1) is 14.7. The van der Waals surface area contributed by atoms with Crippen LogP contribution in [0.4, 0.5) is 18.9 Å². The van der Waals surface area contributed by atoms with E-state index in [2.05, 4.69) is 4.98 Å². The van der Waals surface area contributed by atoms with Crippen LogP contribution in [0.25, 0.3) is 11.0 Å². The Labute approximate surface area is 182 Å². The normalized spacial score (nSPS) is 15.0. The predicted octanol–water partition coefficient (Wildman–Crippen LogP) is 2.58. The van der Waals surface area contributed by atoms with Crippen molar-refractivity contribution >= 4 is 40.9 Å². The molecule has 2 aromatic carbocycles. The summed E-state index contributed by atoms with van der Waals surface area (Å²) in [6.07, 6.45) is -4.73. The lowest BCUT2D eigenvalue weighted by atomic mass is 9.79. The Kier molecular flexibility index (Phi) is 5.91. The first-order valence-electron chi connectivity index (χ1n) is 9.71. The van der Waals surface area contributed by atoms with Crippen LogP contribution in [0, 0.1) is 6.92 Å². The Balaban J connectivity index is 1.95. The molecule has 0 radical (unpaired) electrons. The molecule has 3 aromatic rings. The fourth-order valence-corrected chi connectivity index (χ4v) is 4.00. The molecule has 0 unspecified atom stereocenters. The second kappa shape index (κ2) is 8.35. The fraction of sp³-hybridized carbons (Fsp3) is 0.350. The minimum atomic E-state index is -4.73. The molecule has 31 heavy (non-hydrogen) atoms. The Morgan fingerprint density at radius 2 is 1.90 bits per heavy atom. The van der Waals surface area contributed by atoms with Gasteiger partial charge in [0.25, 0.3) is 0 Å². The van der Waals surface area contributed by atoms with E-state index in [-0.39, 0.29) is 23.0 Å². The van der Waals surface area contributed by atoms with Crippen molar-refractivity contribution < 1.29 is 28.0 Å². The SMILES string of the molecule is Cc1c(Cl)cccc1Cn1c(C(F)(F)F)nc2c(B(O)O)cc(N3CCOCC3)cc21. The molecule has 4 rings (SSSR count). The number of alkyl halides is 3. The number of fused-ring (bicyclic) bond motifs is 1. The third-order valence-corrected chi connectivity index (χ3v) is 5.89. The average Bonchev–Trinajstić information content (AvgIpc) is 3.10. The zero-order chi connectivity index (χ0) is 22.3. The molecule has 1 aliphatic rings. The van der Waals surface area contributed by atoms with E-state index in [0.717, 1.165) is 4.57 Å². The second-order valence-electron chi connectivity index (χ2n) is 7.42.